The third kappa shape index (κ3) is 5.75. The SMILES string of the molecule is CC1(C)c2ccccc2-c2ccc3c4ccccc4n(-c4cccc5c4oc4cc(-c6ccccc6)cc(-c6nc(-c7ccccc7)nc(-c7ccc(-c8ccccc8)cc7)n6)c45)c3c21. The van der Waals surface area contributed by atoms with Gasteiger partial charge in [0.2, 0.25) is 0 Å². The first-order chi connectivity index (χ1) is 32.0. The molecule has 13 rings (SSSR count). The number of rotatable bonds is 6. The quantitative estimate of drug-likeness (QED) is 0.167. The van der Waals surface area contributed by atoms with Crippen molar-refractivity contribution in [2.45, 2.75) is 19.3 Å². The predicted octanol–water partition coefficient (Wildman–Crippen LogP) is 15.5. The largest absolute Gasteiger partial charge is 0.454 e. The Kier molecular flexibility index (Phi) is 8.18. The van der Waals surface area contributed by atoms with Gasteiger partial charge in [0.05, 0.1) is 16.7 Å². The van der Waals surface area contributed by atoms with E-state index in [1.807, 2.05) is 30.3 Å². The Balaban J connectivity index is 1.09. The first-order valence-electron chi connectivity index (χ1n) is 22.2. The topological polar surface area (TPSA) is 56.7 Å². The smallest absolute Gasteiger partial charge is 0.164 e. The van der Waals surface area contributed by atoms with Gasteiger partial charge in [0.25, 0.3) is 0 Å². The number of nitrogens with zero attached hydrogens (tertiary/aromatic N) is 4. The lowest BCUT2D eigenvalue weighted by Crippen LogP contribution is -2.16. The van der Waals surface area contributed by atoms with Crippen molar-refractivity contribution in [2.75, 3.05) is 0 Å². The summed E-state index contributed by atoms with van der Waals surface area (Å²) in [5, 5.41) is 4.38. The highest BCUT2D eigenvalue weighted by Gasteiger charge is 2.38. The van der Waals surface area contributed by atoms with E-state index >= 15 is 0 Å². The highest BCUT2D eigenvalue weighted by molar-refractivity contribution is 6.17. The fourth-order valence-corrected chi connectivity index (χ4v) is 10.4. The molecule has 5 heteroatoms. The second kappa shape index (κ2) is 14.3. The minimum atomic E-state index is -0.230. The van der Waals surface area contributed by atoms with Crippen LogP contribution in [0.25, 0.3) is 117 Å². The monoisotopic (exact) mass is 832 g/mol. The average Bonchev–Trinajstić information content (AvgIpc) is 4.00. The number of fused-ring (bicyclic) bond motifs is 10. The maximum atomic E-state index is 7.26. The van der Waals surface area contributed by atoms with Gasteiger partial charge in [-0.15, -0.1) is 0 Å². The standard InChI is InChI=1S/C60H40N4O/c1-60(2)49-26-14-12-23-43(49)45-33-34-46-44-24-13-15-27-50(44)64(55(46)54(45)60)51-28-16-25-47-53-48(35-42(36-52(53)65-56(47)51)38-19-8-4-9-20-38)59-62-57(40-21-10-5-11-22-40)61-58(63-59)41-31-29-39(30-32-41)37-17-6-3-7-18-37/h3-36H,1-2H3. The van der Waals surface area contributed by atoms with Crippen LogP contribution < -0.4 is 0 Å². The molecule has 12 aromatic rings. The van der Waals surface area contributed by atoms with Gasteiger partial charge in [-0.2, -0.15) is 0 Å². The van der Waals surface area contributed by atoms with E-state index in [4.69, 9.17) is 19.4 Å². The van der Waals surface area contributed by atoms with Crippen LogP contribution in [0.1, 0.15) is 25.0 Å². The predicted molar refractivity (Wildman–Crippen MR) is 266 cm³/mol. The van der Waals surface area contributed by atoms with Crippen LogP contribution >= 0.6 is 0 Å². The maximum Gasteiger partial charge on any atom is 0.164 e. The fraction of sp³-hybridized carbons (Fsp3) is 0.0500. The van der Waals surface area contributed by atoms with Gasteiger partial charge >= 0.3 is 0 Å². The van der Waals surface area contributed by atoms with Crippen molar-refractivity contribution in [1.29, 1.82) is 0 Å². The highest BCUT2D eigenvalue weighted by Crippen LogP contribution is 2.53. The molecule has 5 nitrogen and oxygen atoms in total. The van der Waals surface area contributed by atoms with Crippen LogP contribution in [0.4, 0.5) is 0 Å². The van der Waals surface area contributed by atoms with Gasteiger partial charge in [0.1, 0.15) is 5.58 Å². The number of para-hydroxylation sites is 2. The third-order valence-corrected chi connectivity index (χ3v) is 13.4. The second-order valence-electron chi connectivity index (χ2n) is 17.5. The summed E-state index contributed by atoms with van der Waals surface area (Å²) >= 11 is 0. The summed E-state index contributed by atoms with van der Waals surface area (Å²) in [6, 6.07) is 72.8. The number of hydrogen-bond donors (Lipinski definition) is 0. The van der Waals surface area contributed by atoms with Crippen molar-refractivity contribution in [3.05, 3.63) is 217 Å². The summed E-state index contributed by atoms with van der Waals surface area (Å²) in [5.74, 6) is 1.78. The lowest BCUT2D eigenvalue weighted by atomic mass is 9.81. The number of benzene rings is 9. The molecular formula is C60H40N4O. The van der Waals surface area contributed by atoms with Crippen molar-refractivity contribution < 1.29 is 4.42 Å². The van der Waals surface area contributed by atoms with Gasteiger partial charge in [0.15, 0.2) is 23.1 Å². The van der Waals surface area contributed by atoms with E-state index in [1.54, 1.807) is 0 Å². The van der Waals surface area contributed by atoms with E-state index in [0.29, 0.717) is 17.5 Å². The average molecular weight is 833 g/mol. The Labute approximate surface area is 376 Å². The molecule has 0 saturated carbocycles. The van der Waals surface area contributed by atoms with Crippen molar-refractivity contribution >= 4 is 43.7 Å². The van der Waals surface area contributed by atoms with Gasteiger partial charge in [-0.3, -0.25) is 0 Å². The molecule has 0 radical (unpaired) electrons. The van der Waals surface area contributed by atoms with Crippen LogP contribution in [0.15, 0.2) is 211 Å². The number of hydrogen-bond acceptors (Lipinski definition) is 4. The molecule has 0 fully saturated rings. The Morgan fingerprint density at radius 3 is 1.72 bits per heavy atom. The lowest BCUT2D eigenvalue weighted by molar-refractivity contribution is 0.660. The molecule has 3 heterocycles. The minimum absolute atomic E-state index is 0.230. The van der Waals surface area contributed by atoms with Crippen LogP contribution in [-0.4, -0.2) is 19.5 Å². The summed E-state index contributed by atoms with van der Waals surface area (Å²) in [4.78, 5) is 15.8. The van der Waals surface area contributed by atoms with Gasteiger partial charge < -0.3 is 8.98 Å². The summed E-state index contributed by atoms with van der Waals surface area (Å²) in [6.45, 7) is 4.73. The fourth-order valence-electron chi connectivity index (χ4n) is 10.4. The van der Waals surface area contributed by atoms with Crippen LogP contribution in [0.3, 0.4) is 0 Å². The zero-order valence-corrected chi connectivity index (χ0v) is 35.8. The first kappa shape index (κ1) is 37.2. The van der Waals surface area contributed by atoms with Crippen LogP contribution in [-0.2, 0) is 5.41 Å². The summed E-state index contributed by atoms with van der Waals surface area (Å²) in [7, 11) is 0. The molecule has 0 bridgehead atoms. The van der Waals surface area contributed by atoms with E-state index in [0.717, 1.165) is 72.1 Å². The van der Waals surface area contributed by atoms with Gasteiger partial charge in [-0.05, 0) is 68.8 Å². The Bertz CT molecular complexity index is 3830. The molecule has 0 atom stereocenters. The lowest BCUT2D eigenvalue weighted by Gasteiger charge is -2.23. The Morgan fingerprint density at radius 1 is 0.415 bits per heavy atom. The van der Waals surface area contributed by atoms with E-state index < -0.39 is 0 Å². The molecule has 1 aliphatic carbocycles. The van der Waals surface area contributed by atoms with Crippen LogP contribution in [0.5, 0.6) is 0 Å². The summed E-state index contributed by atoms with van der Waals surface area (Å²) in [5.41, 5.74) is 17.0. The van der Waals surface area contributed by atoms with Crippen LogP contribution in [0.2, 0.25) is 0 Å². The van der Waals surface area contributed by atoms with Crippen molar-refractivity contribution in [1.82, 2.24) is 19.5 Å². The molecule has 3 aromatic heterocycles. The zero-order chi connectivity index (χ0) is 43.2. The molecule has 9 aromatic carbocycles. The first-order valence-corrected chi connectivity index (χ1v) is 22.2. The molecule has 0 spiro atoms. The van der Waals surface area contributed by atoms with Gasteiger partial charge in [-0.25, -0.2) is 15.0 Å². The molecule has 0 N–H and O–H groups in total. The van der Waals surface area contributed by atoms with Gasteiger partial charge in [0, 0.05) is 43.7 Å². The summed E-state index contributed by atoms with van der Waals surface area (Å²) < 4.78 is 9.71. The highest BCUT2D eigenvalue weighted by atomic mass is 16.3. The Hall–Kier alpha value is -8.41. The van der Waals surface area contributed by atoms with E-state index in [1.165, 1.54) is 38.5 Å². The van der Waals surface area contributed by atoms with E-state index in [-0.39, 0.29) is 5.41 Å². The normalized spacial score (nSPS) is 12.9. The molecule has 0 saturated heterocycles. The molecule has 0 aliphatic heterocycles. The molecule has 65 heavy (non-hydrogen) atoms. The molecule has 1 aliphatic rings. The second-order valence-corrected chi connectivity index (χ2v) is 17.5. The van der Waals surface area contributed by atoms with E-state index in [2.05, 4.69) is 194 Å². The van der Waals surface area contributed by atoms with Crippen molar-refractivity contribution in [3.8, 4) is 73.2 Å². The molecule has 0 unspecified atom stereocenters. The Morgan fingerprint density at radius 2 is 0.985 bits per heavy atom. The van der Waals surface area contributed by atoms with E-state index in [9.17, 15) is 0 Å². The zero-order valence-electron chi connectivity index (χ0n) is 35.8. The summed E-state index contributed by atoms with van der Waals surface area (Å²) in [6.07, 6.45) is 0. The molecule has 0 amide bonds. The van der Waals surface area contributed by atoms with Gasteiger partial charge in [-0.1, -0.05) is 196 Å². The number of aromatic nitrogens is 4. The third-order valence-electron chi connectivity index (χ3n) is 13.4. The molecule has 306 valence electrons. The maximum absolute atomic E-state index is 7.26. The van der Waals surface area contributed by atoms with Crippen molar-refractivity contribution in [3.63, 3.8) is 0 Å². The molecular weight excluding hydrogens is 793 g/mol. The van der Waals surface area contributed by atoms with Crippen molar-refractivity contribution in [2.24, 2.45) is 0 Å². The van der Waals surface area contributed by atoms with Crippen LogP contribution in [0, 0.1) is 0 Å². The minimum Gasteiger partial charge on any atom is -0.454 e. The number of furan rings is 1.